The van der Waals surface area contributed by atoms with E-state index in [9.17, 15) is 4.79 Å². The third-order valence-corrected chi connectivity index (χ3v) is 9.46. The fraction of sp³-hybridized carbons (Fsp3) is 0.560. The third kappa shape index (κ3) is 6.73. The van der Waals surface area contributed by atoms with Gasteiger partial charge in [-0.1, -0.05) is 0 Å². The number of ether oxygens (including phenoxy) is 1. The summed E-state index contributed by atoms with van der Waals surface area (Å²) in [6.45, 7) is 9.94. The quantitative estimate of drug-likeness (QED) is 0.267. The number of carbonyl (C=O) groups excluding carboxylic acids is 1. The molecule has 192 valence electrons. The Bertz CT molecular complexity index is 1020. The van der Waals surface area contributed by atoms with Crippen LogP contribution >= 0.6 is 0 Å². The number of primary amides is 1. The summed E-state index contributed by atoms with van der Waals surface area (Å²) in [5.74, 6) is 0.615. The molecule has 0 bridgehead atoms. The van der Waals surface area contributed by atoms with E-state index in [2.05, 4.69) is 53.5 Å². The molecule has 2 fully saturated rings. The first-order chi connectivity index (χ1) is 16.9. The van der Waals surface area contributed by atoms with Crippen molar-refractivity contribution in [3.05, 3.63) is 33.2 Å². The number of aryl methyl sites for hydroxylation is 1. The predicted molar refractivity (Wildman–Crippen MR) is 136 cm³/mol. The number of rotatable bonds is 9. The Kier molecular flexibility index (Phi) is 9.01. The average molecular weight is 595 g/mol. The second-order valence-corrected chi connectivity index (χ2v) is 12.1. The molecule has 0 aliphatic carbocycles. The van der Waals surface area contributed by atoms with Gasteiger partial charge < -0.3 is 4.90 Å². The van der Waals surface area contributed by atoms with Crippen molar-refractivity contribution in [3.63, 3.8) is 0 Å². The van der Waals surface area contributed by atoms with Crippen molar-refractivity contribution < 1.29 is 30.7 Å². The fourth-order valence-electron chi connectivity index (χ4n) is 4.35. The number of nitrogens with two attached hydrogens (primary N) is 1. The van der Waals surface area contributed by atoms with Crippen LogP contribution in [0.1, 0.15) is 42.2 Å². The van der Waals surface area contributed by atoms with Gasteiger partial charge >= 0.3 is 207 Å². The van der Waals surface area contributed by atoms with Gasteiger partial charge in [-0.05, 0) is 7.05 Å². The van der Waals surface area contributed by atoms with E-state index in [1.54, 1.807) is 0 Å². The number of piperazine rings is 1. The first-order valence-electron chi connectivity index (χ1n) is 12.4. The number of hydrogen-bond donors (Lipinski definition) is 3. The minimum atomic E-state index is -0.565. The van der Waals surface area contributed by atoms with Crippen molar-refractivity contribution in [3.8, 4) is 0 Å². The van der Waals surface area contributed by atoms with E-state index in [1.165, 1.54) is 11.3 Å². The first-order valence-corrected chi connectivity index (χ1v) is 15.0. The zero-order valence-corrected chi connectivity index (χ0v) is 23.1. The zero-order valence-electron chi connectivity index (χ0n) is 20.9. The Balaban J connectivity index is 1.60. The van der Waals surface area contributed by atoms with E-state index < -0.39 is 5.91 Å². The molecule has 10 heteroatoms. The number of halogens is 1. The second-order valence-electron chi connectivity index (χ2n) is 9.19. The molecule has 35 heavy (non-hydrogen) atoms. The van der Waals surface area contributed by atoms with Gasteiger partial charge in [-0.15, -0.1) is 0 Å². The third-order valence-electron chi connectivity index (χ3n) is 6.36. The second kappa shape index (κ2) is 12.2. The van der Waals surface area contributed by atoms with Gasteiger partial charge in [0.05, 0.1) is 0 Å². The molecule has 0 saturated carbocycles. The fourth-order valence-corrected chi connectivity index (χ4v) is 6.45. The summed E-state index contributed by atoms with van der Waals surface area (Å²) in [4.78, 5) is 26.7. The van der Waals surface area contributed by atoms with Gasteiger partial charge in [0.15, 0.2) is 0 Å². The van der Waals surface area contributed by atoms with Crippen LogP contribution in [0.4, 0.5) is 23.0 Å². The van der Waals surface area contributed by atoms with Crippen LogP contribution in [0.15, 0.2) is 18.2 Å². The van der Waals surface area contributed by atoms with E-state index in [-0.39, 0.29) is 26.9 Å². The summed E-state index contributed by atoms with van der Waals surface area (Å²) >= 11 is -0.372. The molecular formula is C25H37IN7O2-. The van der Waals surface area contributed by atoms with Gasteiger partial charge in [0.1, 0.15) is 0 Å². The molecule has 1 amide bonds. The molecule has 2 saturated heterocycles. The van der Waals surface area contributed by atoms with Crippen LogP contribution in [0.3, 0.4) is 0 Å². The molecule has 2 aliphatic heterocycles. The van der Waals surface area contributed by atoms with Crippen molar-refractivity contribution in [2.45, 2.75) is 39.2 Å². The van der Waals surface area contributed by atoms with Crippen molar-refractivity contribution in [2.24, 2.45) is 5.73 Å². The predicted octanol–water partition coefficient (Wildman–Crippen LogP) is -0.361. The molecule has 0 spiro atoms. The number of hydrogen-bond acceptors (Lipinski definition) is 8. The molecule has 1 aromatic heterocycles. The zero-order chi connectivity index (χ0) is 24.8. The van der Waals surface area contributed by atoms with E-state index in [0.29, 0.717) is 11.9 Å². The Hall–Kier alpha value is -2.18. The number of aromatic nitrogens is 2. The summed E-state index contributed by atoms with van der Waals surface area (Å²) in [6.07, 6.45) is 2.94. The summed E-state index contributed by atoms with van der Waals surface area (Å²) < 4.78 is 7.49. The topological polar surface area (TPSA) is 109 Å². The standard InChI is InChI=1S/C25H37IN7O2/c1-4-9-26-22-25(28-18-7-14-35-15-8-18)31-24(21(30-22)23(27)34)29-19-5-6-20(17(2)16-19)33-12-10-32(3)11-13-33/h5-6,16,18H,4,7-15H2,1-3H3,(H2,27,34)(H2,28,29,31)/q-1. The molecule has 1 aromatic carbocycles. The van der Waals surface area contributed by atoms with Crippen molar-refractivity contribution >= 4 is 28.9 Å². The number of amides is 1. The summed E-state index contributed by atoms with van der Waals surface area (Å²) in [6, 6.07) is 6.57. The molecular weight excluding hydrogens is 557 g/mol. The van der Waals surface area contributed by atoms with Crippen molar-refractivity contribution in [1.29, 1.82) is 0 Å². The van der Waals surface area contributed by atoms with Crippen LogP contribution in [-0.4, -0.2) is 77.7 Å². The number of anilines is 4. The number of benzene rings is 1. The summed E-state index contributed by atoms with van der Waals surface area (Å²) in [7, 11) is 2.16. The Labute approximate surface area is 218 Å². The number of carbonyl (C=O) groups is 1. The van der Waals surface area contributed by atoms with Gasteiger partial charge in [0.25, 0.3) is 0 Å². The molecule has 3 heterocycles. The van der Waals surface area contributed by atoms with Crippen LogP contribution in [0.25, 0.3) is 0 Å². The van der Waals surface area contributed by atoms with Gasteiger partial charge in [-0.2, -0.15) is 0 Å². The average Bonchev–Trinajstić information content (AvgIpc) is 2.85. The molecule has 9 nitrogen and oxygen atoms in total. The van der Waals surface area contributed by atoms with Gasteiger partial charge in [-0.25, -0.2) is 0 Å². The van der Waals surface area contributed by atoms with Gasteiger partial charge in [0.2, 0.25) is 0 Å². The molecule has 0 unspecified atom stereocenters. The molecule has 0 atom stereocenters. The van der Waals surface area contributed by atoms with Crippen molar-refractivity contribution in [1.82, 2.24) is 14.9 Å². The molecule has 0 radical (unpaired) electrons. The number of nitrogens with zero attached hydrogens (tertiary/aromatic N) is 4. The number of nitrogens with one attached hydrogen (secondary N) is 2. The van der Waals surface area contributed by atoms with E-state index in [0.717, 1.165) is 78.3 Å². The van der Waals surface area contributed by atoms with Crippen molar-refractivity contribution in [2.75, 3.05) is 66.4 Å². The first kappa shape index (κ1) is 25.9. The van der Waals surface area contributed by atoms with E-state index in [4.69, 9.17) is 20.4 Å². The Morgan fingerprint density at radius 1 is 1.17 bits per heavy atom. The minimum absolute atomic E-state index is 0.203. The molecule has 4 N–H and O–H groups in total. The van der Waals surface area contributed by atoms with Gasteiger partial charge in [0, 0.05) is 0 Å². The normalized spacial score (nSPS) is 17.5. The van der Waals surface area contributed by atoms with E-state index >= 15 is 0 Å². The summed E-state index contributed by atoms with van der Waals surface area (Å²) in [5.41, 5.74) is 9.24. The molecule has 2 aromatic rings. The Morgan fingerprint density at radius 3 is 2.57 bits per heavy atom. The van der Waals surface area contributed by atoms with Crippen LogP contribution in [0.5, 0.6) is 0 Å². The van der Waals surface area contributed by atoms with Crippen LogP contribution in [-0.2, 0) is 4.74 Å². The van der Waals surface area contributed by atoms with E-state index in [1.807, 2.05) is 6.07 Å². The van der Waals surface area contributed by atoms with Gasteiger partial charge in [-0.3, -0.25) is 0 Å². The van der Waals surface area contributed by atoms with Crippen LogP contribution in [0.2, 0.25) is 0 Å². The molecule has 2 aliphatic rings. The SMILES string of the molecule is CCC[I-]c1nc(C(N)=O)c(Nc2ccc(N3CCN(C)CC3)c(C)c2)nc1NC1CCOCC1. The number of alkyl halides is 1. The van der Waals surface area contributed by atoms with Crippen LogP contribution < -0.4 is 42.5 Å². The Morgan fingerprint density at radius 2 is 1.91 bits per heavy atom. The maximum absolute atomic E-state index is 12.3. The number of likely N-dealkylation sites (N-methyl/N-ethyl adjacent to an activating group) is 1. The monoisotopic (exact) mass is 594 g/mol. The summed E-state index contributed by atoms with van der Waals surface area (Å²) in [5, 5.41) is 6.93. The maximum atomic E-state index is 12.3. The van der Waals surface area contributed by atoms with Crippen LogP contribution in [0, 0.1) is 10.6 Å². The molecule has 4 rings (SSSR count).